The number of hydrogen-bond acceptors (Lipinski definition) is 6. The fourth-order valence-corrected chi connectivity index (χ4v) is 3.51. The number of carboxylic acids is 1. The number of carbonyl (C=O) groups is 2. The largest absolute Gasteiger partial charge is 0.478 e. The fourth-order valence-electron chi connectivity index (χ4n) is 2.77. The number of aromatic nitrogens is 5. The lowest BCUT2D eigenvalue weighted by Crippen LogP contribution is -2.17. The number of thioether (sulfide) groups is 1. The second-order valence-corrected chi connectivity index (χ2v) is 7.03. The molecule has 3 heterocycles. The molecule has 0 aliphatic heterocycles. The Kier molecular flexibility index (Phi) is 5.57. The number of nitrogens with zero attached hydrogens (tertiary/aromatic N) is 5. The van der Waals surface area contributed by atoms with E-state index < -0.39 is 5.97 Å². The molecular formula is C20H16N6O3S. The molecule has 0 aliphatic carbocycles. The quantitative estimate of drug-likeness (QED) is 0.442. The number of carboxylic acid groups (broad SMARTS) is 1. The van der Waals surface area contributed by atoms with Gasteiger partial charge in [0.05, 0.1) is 17.0 Å². The number of amides is 1. The summed E-state index contributed by atoms with van der Waals surface area (Å²) in [6.07, 6.45) is 5.34. The van der Waals surface area contributed by atoms with Crippen LogP contribution < -0.4 is 5.32 Å². The first-order valence-corrected chi connectivity index (χ1v) is 9.87. The third-order valence-electron chi connectivity index (χ3n) is 4.09. The zero-order chi connectivity index (χ0) is 20.9. The molecule has 10 heteroatoms. The van der Waals surface area contributed by atoms with Gasteiger partial charge in [0.15, 0.2) is 0 Å². The topological polar surface area (TPSA) is 115 Å². The molecule has 0 aliphatic rings. The van der Waals surface area contributed by atoms with Crippen LogP contribution in [0, 0.1) is 0 Å². The first kappa shape index (κ1) is 19.4. The van der Waals surface area contributed by atoms with Crippen molar-refractivity contribution in [2.24, 2.45) is 0 Å². The van der Waals surface area contributed by atoms with Gasteiger partial charge in [-0.2, -0.15) is 0 Å². The van der Waals surface area contributed by atoms with Crippen LogP contribution in [0.15, 0.2) is 78.3 Å². The molecule has 3 aromatic heterocycles. The molecule has 0 atom stereocenters. The van der Waals surface area contributed by atoms with Crippen LogP contribution in [0.25, 0.3) is 11.5 Å². The van der Waals surface area contributed by atoms with Crippen LogP contribution in [-0.4, -0.2) is 47.3 Å². The van der Waals surface area contributed by atoms with Crippen molar-refractivity contribution in [3.05, 3.63) is 78.8 Å². The fraction of sp³-hybridized carbons (Fsp3) is 0.0500. The number of para-hydroxylation sites is 1. The lowest BCUT2D eigenvalue weighted by Gasteiger charge is -2.11. The van der Waals surface area contributed by atoms with E-state index in [1.54, 1.807) is 33.7 Å². The minimum atomic E-state index is -1.11. The van der Waals surface area contributed by atoms with Crippen LogP contribution >= 0.6 is 11.8 Å². The van der Waals surface area contributed by atoms with Gasteiger partial charge >= 0.3 is 5.97 Å². The minimum Gasteiger partial charge on any atom is -0.478 e. The van der Waals surface area contributed by atoms with Gasteiger partial charge in [0.2, 0.25) is 16.9 Å². The zero-order valence-electron chi connectivity index (χ0n) is 15.5. The van der Waals surface area contributed by atoms with Crippen molar-refractivity contribution in [3.63, 3.8) is 0 Å². The summed E-state index contributed by atoms with van der Waals surface area (Å²) in [5.41, 5.74) is 0.922. The Labute approximate surface area is 175 Å². The summed E-state index contributed by atoms with van der Waals surface area (Å²) in [6.45, 7) is 0. The summed E-state index contributed by atoms with van der Waals surface area (Å²) < 4.78 is 3.55. The number of pyridine rings is 1. The molecule has 1 aromatic carbocycles. The van der Waals surface area contributed by atoms with Gasteiger partial charge in [-0.05, 0) is 36.4 Å². The van der Waals surface area contributed by atoms with Crippen molar-refractivity contribution in [2.75, 3.05) is 11.1 Å². The molecule has 1 amide bonds. The highest BCUT2D eigenvalue weighted by molar-refractivity contribution is 7.99. The van der Waals surface area contributed by atoms with Gasteiger partial charge in [0.1, 0.15) is 5.69 Å². The maximum absolute atomic E-state index is 12.4. The van der Waals surface area contributed by atoms with Gasteiger partial charge in [-0.1, -0.05) is 30.0 Å². The van der Waals surface area contributed by atoms with Gasteiger partial charge < -0.3 is 10.4 Å². The molecule has 9 nitrogen and oxygen atoms in total. The molecule has 0 saturated heterocycles. The zero-order valence-corrected chi connectivity index (χ0v) is 16.4. The Hall–Kier alpha value is -3.92. The van der Waals surface area contributed by atoms with E-state index in [0.717, 1.165) is 0 Å². The van der Waals surface area contributed by atoms with E-state index in [2.05, 4.69) is 20.5 Å². The molecule has 0 radical (unpaired) electrons. The molecule has 0 unspecified atom stereocenters. The summed E-state index contributed by atoms with van der Waals surface area (Å²) in [6, 6.07) is 15.5. The minimum absolute atomic E-state index is 0.0234. The van der Waals surface area contributed by atoms with Crippen LogP contribution in [-0.2, 0) is 4.79 Å². The number of aromatic carboxylic acids is 1. The average molecular weight is 420 g/mol. The number of benzene rings is 1. The smallest absolute Gasteiger partial charge is 0.337 e. The summed E-state index contributed by atoms with van der Waals surface area (Å²) >= 11 is 1.18. The van der Waals surface area contributed by atoms with Crippen molar-refractivity contribution < 1.29 is 14.7 Å². The number of anilines is 1. The number of hydrogen-bond donors (Lipinski definition) is 2. The first-order valence-electron chi connectivity index (χ1n) is 8.89. The predicted octanol–water partition coefficient (Wildman–Crippen LogP) is 2.88. The van der Waals surface area contributed by atoms with Crippen LogP contribution in [0.2, 0.25) is 0 Å². The van der Waals surface area contributed by atoms with E-state index in [4.69, 9.17) is 0 Å². The van der Waals surface area contributed by atoms with Crippen molar-refractivity contribution in [1.29, 1.82) is 0 Å². The van der Waals surface area contributed by atoms with Gasteiger partial charge in [-0.25, -0.2) is 9.47 Å². The Bertz CT molecular complexity index is 1170. The molecule has 150 valence electrons. The van der Waals surface area contributed by atoms with Crippen LogP contribution in [0.1, 0.15) is 10.4 Å². The molecule has 4 rings (SSSR count). The molecule has 2 N–H and O–H groups in total. The normalized spacial score (nSPS) is 10.7. The SMILES string of the molecule is O=C(CSc1nnc(-c2ccccn2)n1-n1cccc1)Nc1ccccc1C(=O)O. The number of rotatable bonds is 7. The molecule has 0 bridgehead atoms. The van der Waals surface area contributed by atoms with Gasteiger partial charge in [-0.3, -0.25) is 14.5 Å². The van der Waals surface area contributed by atoms with E-state index in [1.807, 2.05) is 42.7 Å². The number of nitrogens with one attached hydrogen (secondary N) is 1. The van der Waals surface area contributed by atoms with E-state index in [-0.39, 0.29) is 22.9 Å². The van der Waals surface area contributed by atoms with Crippen molar-refractivity contribution in [2.45, 2.75) is 5.16 Å². The highest BCUT2D eigenvalue weighted by atomic mass is 32.2. The predicted molar refractivity (Wildman–Crippen MR) is 111 cm³/mol. The lowest BCUT2D eigenvalue weighted by atomic mass is 10.2. The molecule has 30 heavy (non-hydrogen) atoms. The van der Waals surface area contributed by atoms with E-state index in [1.165, 1.54) is 17.8 Å². The van der Waals surface area contributed by atoms with Gasteiger partial charge in [-0.15, -0.1) is 10.2 Å². The van der Waals surface area contributed by atoms with Gasteiger partial charge in [0.25, 0.3) is 0 Å². The Morgan fingerprint density at radius 3 is 2.50 bits per heavy atom. The van der Waals surface area contributed by atoms with Crippen LogP contribution in [0.3, 0.4) is 0 Å². The Balaban J connectivity index is 1.55. The maximum Gasteiger partial charge on any atom is 0.337 e. The first-order chi connectivity index (χ1) is 14.6. The third-order valence-corrected chi connectivity index (χ3v) is 5.01. The van der Waals surface area contributed by atoms with E-state index >= 15 is 0 Å². The van der Waals surface area contributed by atoms with Crippen molar-refractivity contribution in [3.8, 4) is 11.5 Å². The molecule has 4 aromatic rings. The molecule has 0 spiro atoms. The summed E-state index contributed by atoms with van der Waals surface area (Å²) in [7, 11) is 0. The van der Waals surface area contributed by atoms with E-state index in [0.29, 0.717) is 16.7 Å². The van der Waals surface area contributed by atoms with E-state index in [9.17, 15) is 14.7 Å². The number of carbonyl (C=O) groups excluding carboxylic acids is 1. The third kappa shape index (κ3) is 4.08. The van der Waals surface area contributed by atoms with Crippen LogP contribution in [0.4, 0.5) is 5.69 Å². The van der Waals surface area contributed by atoms with Gasteiger partial charge in [0, 0.05) is 18.6 Å². The molecular weight excluding hydrogens is 404 g/mol. The highest BCUT2D eigenvalue weighted by Gasteiger charge is 2.18. The average Bonchev–Trinajstić information content (AvgIpc) is 3.42. The second kappa shape index (κ2) is 8.62. The van der Waals surface area contributed by atoms with Crippen molar-refractivity contribution in [1.82, 2.24) is 24.5 Å². The van der Waals surface area contributed by atoms with Crippen molar-refractivity contribution >= 4 is 29.3 Å². The standard InChI is InChI=1S/C20H16N6O3S/c27-17(22-15-8-2-1-7-14(15)19(28)29)13-30-20-24-23-18(16-9-3-4-10-21-16)26(20)25-11-5-6-12-25/h1-12H,13H2,(H,22,27)(H,28,29). The molecule has 0 saturated carbocycles. The Morgan fingerprint density at radius 2 is 1.77 bits per heavy atom. The van der Waals surface area contributed by atoms with Crippen LogP contribution in [0.5, 0.6) is 0 Å². The summed E-state index contributed by atoms with van der Waals surface area (Å²) in [5.74, 6) is -0.901. The monoisotopic (exact) mass is 420 g/mol. The second-order valence-electron chi connectivity index (χ2n) is 6.08. The summed E-state index contributed by atoms with van der Waals surface area (Å²) in [4.78, 5) is 28.1. The highest BCUT2D eigenvalue weighted by Crippen LogP contribution is 2.23. The summed E-state index contributed by atoms with van der Waals surface area (Å²) in [5, 5.41) is 20.8. The molecule has 0 fully saturated rings. The Morgan fingerprint density at radius 1 is 1.00 bits per heavy atom. The lowest BCUT2D eigenvalue weighted by molar-refractivity contribution is -0.113. The maximum atomic E-state index is 12.4.